The summed E-state index contributed by atoms with van der Waals surface area (Å²) in [6, 6.07) is 18.5. The van der Waals surface area contributed by atoms with E-state index in [1.807, 2.05) is 56.3 Å². The van der Waals surface area contributed by atoms with Crippen molar-refractivity contribution in [1.82, 2.24) is 5.32 Å². The fourth-order valence-electron chi connectivity index (χ4n) is 4.39. The lowest BCUT2D eigenvalue weighted by Gasteiger charge is -2.23. The van der Waals surface area contributed by atoms with Crippen LogP contribution in [0.5, 0.6) is 5.75 Å². The standard InChI is InChI=1S/C28H31N3O4/c1-18(2)27(30-25(32)16-19-10-11-20-7-4-5-8-21(20)15-19)28(34)29-22-12-13-23(24(17-22)35-3)31-14-6-9-26(31)33/h4-5,7-8,10-13,15,17-18,27H,6,9,14,16H2,1-3H3,(H,29,34)(H,30,32). The lowest BCUT2D eigenvalue weighted by molar-refractivity contribution is -0.127. The number of nitrogens with zero attached hydrogens (tertiary/aromatic N) is 1. The molecule has 2 N–H and O–H groups in total. The Morgan fingerprint density at radius 1 is 1.03 bits per heavy atom. The molecule has 3 aromatic carbocycles. The normalized spacial score (nSPS) is 14.3. The highest BCUT2D eigenvalue weighted by atomic mass is 16.5. The van der Waals surface area contributed by atoms with E-state index in [0.717, 1.165) is 22.8 Å². The monoisotopic (exact) mass is 473 g/mol. The van der Waals surface area contributed by atoms with Crippen molar-refractivity contribution in [2.45, 2.75) is 39.2 Å². The molecule has 0 radical (unpaired) electrons. The summed E-state index contributed by atoms with van der Waals surface area (Å²) in [4.78, 5) is 39.7. The number of rotatable bonds is 8. The van der Waals surface area contributed by atoms with Crippen molar-refractivity contribution < 1.29 is 19.1 Å². The van der Waals surface area contributed by atoms with Gasteiger partial charge in [-0.3, -0.25) is 14.4 Å². The first-order valence-corrected chi connectivity index (χ1v) is 11.9. The third-order valence-electron chi connectivity index (χ3n) is 6.26. The van der Waals surface area contributed by atoms with Crippen molar-refractivity contribution in [3.05, 3.63) is 66.2 Å². The number of ether oxygens (including phenoxy) is 1. The molecule has 182 valence electrons. The first kappa shape index (κ1) is 24.3. The van der Waals surface area contributed by atoms with Crippen LogP contribution in [0.3, 0.4) is 0 Å². The summed E-state index contributed by atoms with van der Waals surface area (Å²) in [5.74, 6) is -0.0546. The second kappa shape index (κ2) is 10.6. The van der Waals surface area contributed by atoms with Gasteiger partial charge in [0.1, 0.15) is 11.8 Å². The number of carbonyl (C=O) groups excluding carboxylic acids is 3. The van der Waals surface area contributed by atoms with E-state index in [9.17, 15) is 14.4 Å². The molecule has 3 aromatic rings. The van der Waals surface area contributed by atoms with Crippen LogP contribution in [-0.4, -0.2) is 37.4 Å². The number of benzene rings is 3. The summed E-state index contributed by atoms with van der Waals surface area (Å²) in [6.07, 6.45) is 1.53. The van der Waals surface area contributed by atoms with E-state index in [1.165, 1.54) is 7.11 Å². The summed E-state index contributed by atoms with van der Waals surface area (Å²) < 4.78 is 5.48. The van der Waals surface area contributed by atoms with Gasteiger partial charge in [-0.1, -0.05) is 56.3 Å². The number of anilines is 2. The van der Waals surface area contributed by atoms with Crippen molar-refractivity contribution in [2.24, 2.45) is 5.92 Å². The molecule has 35 heavy (non-hydrogen) atoms. The van der Waals surface area contributed by atoms with Crippen LogP contribution >= 0.6 is 0 Å². The molecular formula is C28H31N3O4. The van der Waals surface area contributed by atoms with Gasteiger partial charge in [-0.25, -0.2) is 0 Å². The van der Waals surface area contributed by atoms with Gasteiger partial charge in [-0.15, -0.1) is 0 Å². The molecule has 7 nitrogen and oxygen atoms in total. The summed E-state index contributed by atoms with van der Waals surface area (Å²) in [6.45, 7) is 4.44. The Balaban J connectivity index is 1.43. The predicted molar refractivity (Wildman–Crippen MR) is 138 cm³/mol. The molecule has 0 bridgehead atoms. The Labute approximate surface area is 205 Å². The molecule has 0 aromatic heterocycles. The van der Waals surface area contributed by atoms with Crippen molar-refractivity contribution in [2.75, 3.05) is 23.9 Å². The minimum atomic E-state index is -0.700. The molecule has 1 unspecified atom stereocenters. The Kier molecular flexibility index (Phi) is 7.34. The zero-order valence-electron chi connectivity index (χ0n) is 20.3. The van der Waals surface area contributed by atoms with E-state index in [2.05, 4.69) is 10.6 Å². The Morgan fingerprint density at radius 2 is 1.80 bits per heavy atom. The summed E-state index contributed by atoms with van der Waals surface area (Å²) >= 11 is 0. The average molecular weight is 474 g/mol. The number of amides is 3. The van der Waals surface area contributed by atoms with Crippen LogP contribution in [0.15, 0.2) is 60.7 Å². The maximum absolute atomic E-state index is 13.1. The van der Waals surface area contributed by atoms with Crippen LogP contribution in [0.2, 0.25) is 0 Å². The van der Waals surface area contributed by atoms with Crippen LogP contribution in [0, 0.1) is 5.92 Å². The number of hydrogen-bond donors (Lipinski definition) is 2. The average Bonchev–Trinajstić information content (AvgIpc) is 3.27. The van der Waals surface area contributed by atoms with Crippen molar-refractivity contribution in [3.63, 3.8) is 0 Å². The summed E-state index contributed by atoms with van der Waals surface area (Å²) in [5, 5.41) is 7.96. The maximum Gasteiger partial charge on any atom is 0.247 e. The van der Waals surface area contributed by atoms with Crippen LogP contribution < -0.4 is 20.3 Å². The molecule has 0 aliphatic carbocycles. The SMILES string of the molecule is COc1cc(NC(=O)C(NC(=O)Cc2ccc3ccccc3c2)C(C)C)ccc1N1CCCC1=O. The van der Waals surface area contributed by atoms with Gasteiger partial charge in [0.2, 0.25) is 17.7 Å². The zero-order valence-corrected chi connectivity index (χ0v) is 20.3. The molecule has 1 heterocycles. The van der Waals surface area contributed by atoms with Gasteiger partial charge < -0.3 is 20.3 Å². The highest BCUT2D eigenvalue weighted by molar-refractivity contribution is 6.00. The Morgan fingerprint density at radius 3 is 2.49 bits per heavy atom. The lowest BCUT2D eigenvalue weighted by Crippen LogP contribution is -2.47. The van der Waals surface area contributed by atoms with Crippen LogP contribution in [0.25, 0.3) is 10.8 Å². The van der Waals surface area contributed by atoms with Gasteiger partial charge in [-0.2, -0.15) is 0 Å². The van der Waals surface area contributed by atoms with E-state index >= 15 is 0 Å². The fourth-order valence-corrected chi connectivity index (χ4v) is 4.39. The largest absolute Gasteiger partial charge is 0.494 e. The minimum absolute atomic E-state index is 0.0640. The van der Waals surface area contributed by atoms with Crippen molar-refractivity contribution in [3.8, 4) is 5.75 Å². The molecule has 0 spiro atoms. The molecule has 3 amide bonds. The van der Waals surface area contributed by atoms with Crippen LogP contribution in [0.1, 0.15) is 32.3 Å². The van der Waals surface area contributed by atoms with Gasteiger partial charge in [0.15, 0.2) is 0 Å². The number of methoxy groups -OCH3 is 1. The van der Waals surface area contributed by atoms with E-state index in [1.54, 1.807) is 23.1 Å². The Hall–Kier alpha value is -3.87. The van der Waals surface area contributed by atoms with Gasteiger partial charge in [-0.05, 0) is 40.8 Å². The van der Waals surface area contributed by atoms with Crippen molar-refractivity contribution in [1.29, 1.82) is 0 Å². The zero-order chi connectivity index (χ0) is 24.9. The molecule has 1 aliphatic rings. The quantitative estimate of drug-likeness (QED) is 0.511. The topological polar surface area (TPSA) is 87.7 Å². The molecule has 1 aliphatic heterocycles. The molecule has 1 atom stereocenters. The number of carbonyl (C=O) groups is 3. The molecule has 4 rings (SSSR count). The highest BCUT2D eigenvalue weighted by Crippen LogP contribution is 2.34. The highest BCUT2D eigenvalue weighted by Gasteiger charge is 2.27. The van der Waals surface area contributed by atoms with E-state index in [-0.39, 0.29) is 30.1 Å². The van der Waals surface area contributed by atoms with Gasteiger partial charge in [0.25, 0.3) is 0 Å². The molecular weight excluding hydrogens is 442 g/mol. The minimum Gasteiger partial charge on any atom is -0.494 e. The molecule has 1 fully saturated rings. The second-order valence-corrected chi connectivity index (χ2v) is 9.17. The van der Waals surface area contributed by atoms with Gasteiger partial charge in [0.05, 0.1) is 19.2 Å². The summed E-state index contributed by atoms with van der Waals surface area (Å²) in [5.41, 5.74) is 2.12. The predicted octanol–water partition coefficient (Wildman–Crippen LogP) is 4.30. The second-order valence-electron chi connectivity index (χ2n) is 9.17. The van der Waals surface area contributed by atoms with E-state index < -0.39 is 6.04 Å². The van der Waals surface area contributed by atoms with Gasteiger partial charge >= 0.3 is 0 Å². The first-order chi connectivity index (χ1) is 16.9. The fraction of sp³-hybridized carbons (Fsp3) is 0.321. The molecule has 0 saturated carbocycles. The molecule has 1 saturated heterocycles. The molecule has 7 heteroatoms. The number of nitrogens with one attached hydrogen (secondary N) is 2. The van der Waals surface area contributed by atoms with E-state index in [0.29, 0.717) is 30.1 Å². The number of fused-ring (bicyclic) bond motifs is 1. The van der Waals surface area contributed by atoms with Crippen LogP contribution in [0.4, 0.5) is 11.4 Å². The first-order valence-electron chi connectivity index (χ1n) is 11.9. The maximum atomic E-state index is 13.1. The summed E-state index contributed by atoms with van der Waals surface area (Å²) in [7, 11) is 1.54. The smallest absolute Gasteiger partial charge is 0.247 e. The van der Waals surface area contributed by atoms with Crippen molar-refractivity contribution >= 4 is 39.9 Å². The van der Waals surface area contributed by atoms with E-state index in [4.69, 9.17) is 4.74 Å². The lowest BCUT2D eigenvalue weighted by atomic mass is 10.0. The number of hydrogen-bond acceptors (Lipinski definition) is 4. The third kappa shape index (κ3) is 5.62. The van der Waals surface area contributed by atoms with Crippen LogP contribution in [-0.2, 0) is 20.8 Å². The third-order valence-corrected chi connectivity index (χ3v) is 6.26. The van der Waals surface area contributed by atoms with Gasteiger partial charge in [0, 0.05) is 24.7 Å². The Bertz CT molecular complexity index is 1250.